The molecule has 0 spiro atoms. The molecule has 2 rings (SSSR count). The largest absolute Gasteiger partial charge is 0.481 e. The Labute approximate surface area is 104 Å². The summed E-state index contributed by atoms with van der Waals surface area (Å²) in [6.07, 6.45) is 8.12. The molecule has 0 aromatic carbocycles. The smallest absolute Gasteiger partial charge is 0.308 e. The summed E-state index contributed by atoms with van der Waals surface area (Å²) in [5.74, 6) is 0.133. The number of carbonyl (C=O) groups is 1. The van der Waals surface area contributed by atoms with Gasteiger partial charge >= 0.3 is 5.97 Å². The van der Waals surface area contributed by atoms with E-state index in [0.29, 0.717) is 6.04 Å². The minimum Gasteiger partial charge on any atom is -0.481 e. The monoisotopic (exact) mass is 239 g/mol. The van der Waals surface area contributed by atoms with E-state index in [9.17, 15) is 9.90 Å². The van der Waals surface area contributed by atoms with E-state index in [4.69, 9.17) is 0 Å². The second-order valence-electron chi connectivity index (χ2n) is 5.73. The first kappa shape index (κ1) is 12.9. The molecule has 0 amide bonds. The molecular weight excluding hydrogens is 214 g/mol. The molecule has 0 aromatic rings. The zero-order chi connectivity index (χ0) is 12.3. The Bertz CT molecular complexity index is 267. The van der Waals surface area contributed by atoms with E-state index in [2.05, 4.69) is 11.8 Å². The van der Waals surface area contributed by atoms with Crippen LogP contribution in [-0.4, -0.2) is 35.1 Å². The van der Waals surface area contributed by atoms with Gasteiger partial charge in [-0.1, -0.05) is 26.2 Å². The molecule has 3 unspecified atom stereocenters. The van der Waals surface area contributed by atoms with Crippen molar-refractivity contribution in [2.45, 2.75) is 57.9 Å². The molecule has 0 aromatic heterocycles. The Morgan fingerprint density at radius 2 is 2.06 bits per heavy atom. The lowest BCUT2D eigenvalue weighted by molar-refractivity contribution is -0.145. The van der Waals surface area contributed by atoms with Crippen LogP contribution >= 0.6 is 0 Å². The molecule has 3 atom stereocenters. The van der Waals surface area contributed by atoms with E-state index < -0.39 is 5.97 Å². The van der Waals surface area contributed by atoms with Gasteiger partial charge in [-0.05, 0) is 38.1 Å². The van der Waals surface area contributed by atoms with Crippen LogP contribution in [-0.2, 0) is 4.79 Å². The fraction of sp³-hybridized carbons (Fsp3) is 0.929. The number of hydrogen-bond acceptors (Lipinski definition) is 2. The fourth-order valence-electron chi connectivity index (χ4n) is 3.64. The van der Waals surface area contributed by atoms with Crippen molar-refractivity contribution in [3.8, 4) is 0 Å². The van der Waals surface area contributed by atoms with Crippen molar-refractivity contribution in [2.75, 3.05) is 13.1 Å². The molecule has 1 aliphatic heterocycles. The van der Waals surface area contributed by atoms with E-state index in [1.54, 1.807) is 0 Å². The van der Waals surface area contributed by atoms with Crippen LogP contribution in [0.15, 0.2) is 0 Å². The molecule has 1 aliphatic carbocycles. The van der Waals surface area contributed by atoms with Crippen molar-refractivity contribution < 1.29 is 9.90 Å². The highest BCUT2D eigenvalue weighted by Crippen LogP contribution is 2.33. The maximum Gasteiger partial charge on any atom is 0.308 e. The van der Waals surface area contributed by atoms with Gasteiger partial charge in [-0.3, -0.25) is 9.69 Å². The summed E-state index contributed by atoms with van der Waals surface area (Å²) >= 11 is 0. The quantitative estimate of drug-likeness (QED) is 0.820. The highest BCUT2D eigenvalue weighted by Gasteiger charge is 2.37. The van der Waals surface area contributed by atoms with E-state index >= 15 is 0 Å². The number of carboxylic acid groups (broad SMARTS) is 1. The van der Waals surface area contributed by atoms with E-state index in [-0.39, 0.29) is 5.92 Å². The molecule has 2 fully saturated rings. The number of carboxylic acids is 1. The number of aliphatic carboxylic acids is 1. The summed E-state index contributed by atoms with van der Waals surface area (Å²) in [6, 6.07) is 0.322. The van der Waals surface area contributed by atoms with Crippen molar-refractivity contribution in [3.63, 3.8) is 0 Å². The Hall–Kier alpha value is -0.570. The van der Waals surface area contributed by atoms with Gasteiger partial charge in [0.05, 0.1) is 5.92 Å². The molecule has 3 nitrogen and oxygen atoms in total. The van der Waals surface area contributed by atoms with Crippen LogP contribution in [0.5, 0.6) is 0 Å². The molecule has 1 heterocycles. The summed E-state index contributed by atoms with van der Waals surface area (Å²) in [4.78, 5) is 13.8. The van der Waals surface area contributed by atoms with Gasteiger partial charge in [-0.25, -0.2) is 0 Å². The van der Waals surface area contributed by atoms with Gasteiger partial charge in [0.2, 0.25) is 0 Å². The number of hydrogen-bond donors (Lipinski definition) is 1. The maximum absolute atomic E-state index is 11.3. The van der Waals surface area contributed by atoms with Gasteiger partial charge in [-0.2, -0.15) is 0 Å². The zero-order valence-corrected chi connectivity index (χ0v) is 10.9. The number of rotatable bonds is 4. The predicted molar refractivity (Wildman–Crippen MR) is 68.0 cm³/mol. The third-order valence-electron chi connectivity index (χ3n) is 4.53. The highest BCUT2D eigenvalue weighted by molar-refractivity contribution is 5.71. The van der Waals surface area contributed by atoms with Gasteiger partial charge in [0.25, 0.3) is 0 Å². The first-order chi connectivity index (χ1) is 8.22. The summed E-state index contributed by atoms with van der Waals surface area (Å²) in [5, 5.41) is 9.31. The summed E-state index contributed by atoms with van der Waals surface area (Å²) in [6.45, 7) is 4.50. The third-order valence-corrected chi connectivity index (χ3v) is 4.53. The van der Waals surface area contributed by atoms with Gasteiger partial charge in [0.15, 0.2) is 0 Å². The van der Waals surface area contributed by atoms with Gasteiger partial charge < -0.3 is 5.11 Å². The van der Waals surface area contributed by atoms with Crippen molar-refractivity contribution in [1.82, 2.24) is 4.90 Å². The Balaban J connectivity index is 1.93. The predicted octanol–water partition coefficient (Wildman–Crippen LogP) is 2.75. The number of likely N-dealkylation sites (tertiary alicyclic amines) is 1. The van der Waals surface area contributed by atoms with Crippen LogP contribution < -0.4 is 0 Å². The van der Waals surface area contributed by atoms with Crippen molar-refractivity contribution in [2.24, 2.45) is 11.8 Å². The van der Waals surface area contributed by atoms with Crippen molar-refractivity contribution in [1.29, 1.82) is 0 Å². The average molecular weight is 239 g/mol. The van der Waals surface area contributed by atoms with Crippen LogP contribution in [0.1, 0.15) is 51.9 Å². The normalized spacial score (nSPS) is 35.0. The van der Waals surface area contributed by atoms with E-state index in [1.165, 1.54) is 25.7 Å². The van der Waals surface area contributed by atoms with Crippen LogP contribution in [0.4, 0.5) is 0 Å². The van der Waals surface area contributed by atoms with Crippen LogP contribution in [0, 0.1) is 11.8 Å². The molecule has 98 valence electrons. The van der Waals surface area contributed by atoms with Gasteiger partial charge in [0.1, 0.15) is 0 Å². The standard InChI is InChI=1S/C14H25NO2/c1-2-5-11-8-9-15(10-11)13-7-4-3-6-12(13)14(16)17/h11-13H,2-10H2,1H3,(H,16,17). The molecule has 1 saturated heterocycles. The highest BCUT2D eigenvalue weighted by atomic mass is 16.4. The lowest BCUT2D eigenvalue weighted by Gasteiger charge is -2.35. The second-order valence-corrected chi connectivity index (χ2v) is 5.73. The molecule has 17 heavy (non-hydrogen) atoms. The first-order valence-electron chi connectivity index (χ1n) is 7.19. The van der Waals surface area contributed by atoms with Crippen molar-refractivity contribution in [3.05, 3.63) is 0 Å². The Morgan fingerprint density at radius 1 is 1.29 bits per heavy atom. The Morgan fingerprint density at radius 3 is 2.76 bits per heavy atom. The minimum absolute atomic E-state index is 0.107. The molecule has 0 bridgehead atoms. The third kappa shape index (κ3) is 3.01. The minimum atomic E-state index is -0.575. The summed E-state index contributed by atoms with van der Waals surface area (Å²) in [7, 11) is 0. The van der Waals surface area contributed by atoms with Crippen LogP contribution in [0.25, 0.3) is 0 Å². The van der Waals surface area contributed by atoms with Gasteiger partial charge in [0, 0.05) is 12.6 Å². The second kappa shape index (κ2) is 5.85. The lowest BCUT2D eigenvalue weighted by atomic mass is 9.83. The SMILES string of the molecule is CCCC1CCN(C2CCCCC2C(=O)O)C1. The molecular formula is C14H25NO2. The average Bonchev–Trinajstić information content (AvgIpc) is 2.78. The molecule has 1 N–H and O–H groups in total. The summed E-state index contributed by atoms with van der Waals surface area (Å²) in [5.41, 5.74) is 0. The molecule has 3 heteroatoms. The zero-order valence-electron chi connectivity index (χ0n) is 10.9. The topological polar surface area (TPSA) is 40.5 Å². The fourth-order valence-corrected chi connectivity index (χ4v) is 3.64. The van der Waals surface area contributed by atoms with Crippen LogP contribution in [0.3, 0.4) is 0 Å². The maximum atomic E-state index is 11.3. The Kier molecular flexibility index (Phi) is 4.43. The van der Waals surface area contributed by atoms with Crippen LogP contribution in [0.2, 0.25) is 0 Å². The lowest BCUT2D eigenvalue weighted by Crippen LogP contribution is -2.44. The molecule has 2 aliphatic rings. The summed E-state index contributed by atoms with van der Waals surface area (Å²) < 4.78 is 0. The van der Waals surface area contributed by atoms with E-state index in [0.717, 1.165) is 38.3 Å². The van der Waals surface area contributed by atoms with E-state index in [1.807, 2.05) is 0 Å². The molecule has 1 saturated carbocycles. The molecule has 0 radical (unpaired) electrons. The van der Waals surface area contributed by atoms with Crippen molar-refractivity contribution >= 4 is 5.97 Å². The van der Waals surface area contributed by atoms with Gasteiger partial charge in [-0.15, -0.1) is 0 Å². The number of nitrogens with zero attached hydrogens (tertiary/aromatic N) is 1. The first-order valence-corrected chi connectivity index (χ1v) is 7.19.